The Morgan fingerprint density at radius 2 is 1.74 bits per heavy atom. The summed E-state index contributed by atoms with van der Waals surface area (Å²) in [6, 6.07) is 0. The van der Waals surface area contributed by atoms with Crippen molar-refractivity contribution in [2.75, 3.05) is 0 Å². The Kier molecular flexibility index (Phi) is 9.97. The zero-order chi connectivity index (χ0) is 25.8. The molecule has 1 aromatic rings. The van der Waals surface area contributed by atoms with Crippen LogP contribution in [0, 0.1) is 40.4 Å². The molecule has 4 rings (SSSR count). The van der Waals surface area contributed by atoms with Crippen LogP contribution in [0.2, 0.25) is 0 Å². The zero-order valence-corrected chi connectivity index (χ0v) is 24.5. The van der Waals surface area contributed by atoms with Crippen molar-refractivity contribution in [1.29, 1.82) is 0 Å². The molecule has 3 fully saturated rings. The number of hydrogen-bond donors (Lipinski definition) is 1. The molecular formula is C32H58N2O. The van der Waals surface area contributed by atoms with Crippen molar-refractivity contribution in [3.8, 4) is 0 Å². The second-order valence-electron chi connectivity index (χ2n) is 12.9. The molecule has 0 radical (unpaired) electrons. The van der Waals surface area contributed by atoms with Gasteiger partial charge in [0.05, 0.1) is 18.8 Å². The summed E-state index contributed by atoms with van der Waals surface area (Å²) in [4.78, 5) is 0. The maximum absolute atomic E-state index is 11.4. The molecule has 1 N–H and O–H groups in total. The monoisotopic (exact) mass is 486 g/mol. The lowest BCUT2D eigenvalue weighted by Gasteiger charge is -2.58. The summed E-state index contributed by atoms with van der Waals surface area (Å²) in [6.45, 7) is 19.1. The topological polar surface area (TPSA) is 38.0 Å². The van der Waals surface area contributed by atoms with E-state index >= 15 is 0 Å². The minimum Gasteiger partial charge on any atom is -0.391 e. The Hall–Kier alpha value is -0.830. The van der Waals surface area contributed by atoms with Crippen molar-refractivity contribution in [2.24, 2.45) is 40.4 Å². The van der Waals surface area contributed by atoms with Crippen LogP contribution in [0.15, 0.2) is 12.4 Å². The van der Waals surface area contributed by atoms with Gasteiger partial charge in [-0.2, -0.15) is 5.10 Å². The van der Waals surface area contributed by atoms with Crippen LogP contribution in [0.25, 0.3) is 0 Å². The molecule has 0 aromatic carbocycles. The fourth-order valence-corrected chi connectivity index (χ4v) is 9.15. The number of aliphatic hydroxyl groups is 1. The first-order chi connectivity index (χ1) is 16.8. The number of nitrogens with zero attached hydrogens (tertiary/aromatic N) is 2. The molecule has 1 heterocycles. The largest absolute Gasteiger partial charge is 0.391 e. The summed E-state index contributed by atoms with van der Waals surface area (Å²) in [6.07, 6.45) is 18.6. The third-order valence-corrected chi connectivity index (χ3v) is 11.1. The fraction of sp³-hybridized carbons (Fsp3) is 0.906. The van der Waals surface area contributed by atoms with Crippen LogP contribution in [-0.4, -0.2) is 21.0 Å². The maximum Gasteiger partial charge on any atom is 0.0769 e. The third-order valence-electron chi connectivity index (χ3n) is 11.1. The van der Waals surface area contributed by atoms with Gasteiger partial charge in [0.2, 0.25) is 0 Å². The summed E-state index contributed by atoms with van der Waals surface area (Å²) in [5.74, 6) is 4.51. The molecule has 35 heavy (non-hydrogen) atoms. The van der Waals surface area contributed by atoms with Gasteiger partial charge in [-0.15, -0.1) is 0 Å². The first-order valence-electron chi connectivity index (χ1n) is 15.5. The molecule has 0 saturated heterocycles. The fourth-order valence-electron chi connectivity index (χ4n) is 9.15. The van der Waals surface area contributed by atoms with E-state index in [1.165, 1.54) is 69.8 Å². The summed E-state index contributed by atoms with van der Waals surface area (Å²) >= 11 is 0. The zero-order valence-electron chi connectivity index (χ0n) is 24.5. The average molecular weight is 487 g/mol. The van der Waals surface area contributed by atoms with Crippen LogP contribution in [0.5, 0.6) is 0 Å². The summed E-state index contributed by atoms with van der Waals surface area (Å²) in [5.41, 5.74) is 2.17. The Bertz CT molecular complexity index is 773. The van der Waals surface area contributed by atoms with Gasteiger partial charge >= 0.3 is 0 Å². The maximum atomic E-state index is 11.4. The molecule has 3 nitrogen and oxygen atoms in total. The highest BCUT2D eigenvalue weighted by Gasteiger charge is 2.59. The lowest BCUT2D eigenvalue weighted by atomic mass is 9.47. The van der Waals surface area contributed by atoms with Gasteiger partial charge in [-0.1, -0.05) is 68.2 Å². The number of fused-ring (bicyclic) bond motifs is 3. The van der Waals surface area contributed by atoms with E-state index in [4.69, 9.17) is 0 Å². The van der Waals surface area contributed by atoms with E-state index in [9.17, 15) is 5.11 Å². The minimum absolute atomic E-state index is 0.276. The van der Waals surface area contributed by atoms with Crippen molar-refractivity contribution >= 4 is 0 Å². The van der Waals surface area contributed by atoms with Gasteiger partial charge in [0.25, 0.3) is 0 Å². The molecule has 9 unspecified atom stereocenters. The lowest BCUT2D eigenvalue weighted by Crippen LogP contribution is -2.51. The predicted molar refractivity (Wildman–Crippen MR) is 149 cm³/mol. The molecular weight excluding hydrogens is 428 g/mol. The van der Waals surface area contributed by atoms with Crippen LogP contribution in [0.4, 0.5) is 0 Å². The van der Waals surface area contributed by atoms with Gasteiger partial charge in [0.15, 0.2) is 0 Å². The Labute approximate surface area is 217 Å². The first kappa shape index (κ1) is 28.7. The smallest absolute Gasteiger partial charge is 0.0769 e. The summed E-state index contributed by atoms with van der Waals surface area (Å²) < 4.78 is 2.02. The molecule has 202 valence electrons. The Balaban J connectivity index is 0.00000167. The number of rotatable bonds is 9. The van der Waals surface area contributed by atoms with E-state index in [1.807, 2.05) is 24.7 Å². The first-order valence-corrected chi connectivity index (χ1v) is 15.5. The van der Waals surface area contributed by atoms with Crippen LogP contribution in [-0.2, 0) is 6.54 Å². The molecule has 3 aliphatic carbocycles. The van der Waals surface area contributed by atoms with Crippen molar-refractivity contribution in [1.82, 2.24) is 9.78 Å². The minimum atomic E-state index is -0.276. The van der Waals surface area contributed by atoms with Crippen molar-refractivity contribution in [3.05, 3.63) is 18.0 Å². The molecule has 3 heteroatoms. The molecule has 0 spiro atoms. The van der Waals surface area contributed by atoms with Gasteiger partial charge in [0.1, 0.15) is 0 Å². The number of aromatic nitrogens is 2. The molecule has 0 aliphatic heterocycles. The van der Waals surface area contributed by atoms with Crippen molar-refractivity contribution < 1.29 is 5.11 Å². The second-order valence-corrected chi connectivity index (χ2v) is 12.9. The Morgan fingerprint density at radius 1 is 1.03 bits per heavy atom. The molecule has 3 aliphatic rings. The number of aliphatic hydroxyl groups excluding tert-OH is 1. The molecule has 3 saturated carbocycles. The molecule has 0 bridgehead atoms. The van der Waals surface area contributed by atoms with Gasteiger partial charge in [-0.05, 0) is 110 Å². The number of hydrogen-bond acceptors (Lipinski definition) is 2. The highest BCUT2D eigenvalue weighted by atomic mass is 16.3. The van der Waals surface area contributed by atoms with E-state index in [1.54, 1.807) is 0 Å². The molecule has 0 amide bonds. The van der Waals surface area contributed by atoms with Crippen LogP contribution in [0.3, 0.4) is 0 Å². The quantitative estimate of drug-likeness (QED) is 0.378. The Morgan fingerprint density at radius 3 is 2.40 bits per heavy atom. The van der Waals surface area contributed by atoms with Crippen molar-refractivity contribution in [3.63, 3.8) is 0 Å². The molecule has 1 aromatic heterocycles. The van der Waals surface area contributed by atoms with Gasteiger partial charge in [0, 0.05) is 6.20 Å². The highest BCUT2D eigenvalue weighted by Crippen LogP contribution is 2.66. The van der Waals surface area contributed by atoms with E-state index in [0.717, 1.165) is 30.1 Å². The van der Waals surface area contributed by atoms with Gasteiger partial charge < -0.3 is 5.11 Å². The third kappa shape index (κ3) is 5.55. The average Bonchev–Trinajstić information content (AvgIpc) is 3.46. The SMILES string of the molecule is CC.CCCC1C2CCC3(C)C(C(O)Cn4cc(C(C)CC)cn4)CCC3C2CCC1(C)CCC. The van der Waals surface area contributed by atoms with Gasteiger partial charge in [-0.25, -0.2) is 0 Å². The molecule has 9 atom stereocenters. The van der Waals surface area contributed by atoms with Crippen molar-refractivity contribution in [2.45, 2.75) is 145 Å². The summed E-state index contributed by atoms with van der Waals surface area (Å²) in [7, 11) is 0. The standard InChI is InChI=1S/C30H52N2O.C2H6/c1-7-10-25-23-14-17-30(6)26(24(23)13-16-29(25,5)15-8-2)11-12-27(30)28(33)20-32-19-22(18-31-32)21(4)9-3;1-2/h18-19,21,23-28,33H,7-17,20H2,1-6H3;1-2H3. The lowest BCUT2D eigenvalue weighted by molar-refractivity contribution is -0.0998. The van der Waals surface area contributed by atoms with Crippen LogP contribution >= 0.6 is 0 Å². The highest BCUT2D eigenvalue weighted by molar-refractivity contribution is 5.11. The van der Waals surface area contributed by atoms with E-state index in [0.29, 0.717) is 29.2 Å². The summed E-state index contributed by atoms with van der Waals surface area (Å²) in [5, 5.41) is 16.0. The van der Waals surface area contributed by atoms with E-state index in [-0.39, 0.29) is 6.10 Å². The van der Waals surface area contributed by atoms with E-state index < -0.39 is 0 Å². The van der Waals surface area contributed by atoms with E-state index in [2.05, 4.69) is 52.8 Å². The van der Waals surface area contributed by atoms with Gasteiger partial charge in [-0.3, -0.25) is 4.68 Å². The van der Waals surface area contributed by atoms with Crippen LogP contribution in [0.1, 0.15) is 138 Å². The van der Waals surface area contributed by atoms with Crippen LogP contribution < -0.4 is 0 Å². The normalized spacial score (nSPS) is 38.1. The second kappa shape index (κ2) is 12.1. The predicted octanol–water partition coefficient (Wildman–Crippen LogP) is 8.86.